The van der Waals surface area contributed by atoms with Gasteiger partial charge in [-0.2, -0.15) is 0 Å². The standard InChI is InChI=1S/C14H19N5S/c1-6-15-12-9(3)13(17-7-16-12)20-14-18-10(4)8(2)11(5)19-14/h7H,6H2,1-5H3,(H,15,16,17). The van der Waals surface area contributed by atoms with E-state index in [1.165, 1.54) is 11.8 Å². The van der Waals surface area contributed by atoms with Gasteiger partial charge in [0.05, 0.1) is 0 Å². The lowest BCUT2D eigenvalue weighted by Crippen LogP contribution is -2.04. The molecule has 0 radical (unpaired) electrons. The average molecular weight is 289 g/mol. The van der Waals surface area contributed by atoms with Gasteiger partial charge in [0.25, 0.3) is 0 Å². The smallest absolute Gasteiger partial charge is 0.194 e. The highest BCUT2D eigenvalue weighted by atomic mass is 32.2. The third kappa shape index (κ3) is 3.07. The number of aryl methyl sites for hydroxylation is 2. The van der Waals surface area contributed by atoms with Crippen LogP contribution in [0.4, 0.5) is 5.82 Å². The molecule has 0 bridgehead atoms. The first-order chi connectivity index (χ1) is 9.52. The molecule has 0 unspecified atom stereocenters. The Hall–Kier alpha value is -1.69. The lowest BCUT2D eigenvalue weighted by Gasteiger charge is -2.10. The molecule has 0 aromatic carbocycles. The van der Waals surface area contributed by atoms with E-state index in [2.05, 4.69) is 25.3 Å². The predicted molar refractivity (Wildman–Crippen MR) is 81.3 cm³/mol. The average Bonchev–Trinajstić information content (AvgIpc) is 2.41. The van der Waals surface area contributed by atoms with Crippen molar-refractivity contribution >= 4 is 17.6 Å². The Bertz CT molecular complexity index is 604. The van der Waals surface area contributed by atoms with E-state index in [0.29, 0.717) is 0 Å². The fraction of sp³-hybridized carbons (Fsp3) is 0.429. The van der Waals surface area contributed by atoms with Gasteiger partial charge in [0.1, 0.15) is 17.2 Å². The molecule has 106 valence electrons. The highest BCUT2D eigenvalue weighted by molar-refractivity contribution is 7.99. The van der Waals surface area contributed by atoms with Crippen LogP contribution in [0, 0.1) is 27.7 Å². The summed E-state index contributed by atoms with van der Waals surface area (Å²) in [5.41, 5.74) is 4.19. The van der Waals surface area contributed by atoms with Gasteiger partial charge in [-0.1, -0.05) is 0 Å². The van der Waals surface area contributed by atoms with Crippen molar-refractivity contribution in [1.29, 1.82) is 0 Å². The Morgan fingerprint density at radius 2 is 1.65 bits per heavy atom. The van der Waals surface area contributed by atoms with Gasteiger partial charge in [-0.05, 0) is 51.9 Å². The first-order valence-corrected chi connectivity index (χ1v) is 7.39. The monoisotopic (exact) mass is 289 g/mol. The van der Waals surface area contributed by atoms with Gasteiger partial charge in [0.15, 0.2) is 5.16 Å². The summed E-state index contributed by atoms with van der Waals surface area (Å²) < 4.78 is 0. The second-order valence-electron chi connectivity index (χ2n) is 4.59. The van der Waals surface area contributed by atoms with Gasteiger partial charge < -0.3 is 5.32 Å². The van der Waals surface area contributed by atoms with Crippen LogP contribution in [-0.2, 0) is 0 Å². The molecule has 1 N–H and O–H groups in total. The summed E-state index contributed by atoms with van der Waals surface area (Å²) in [7, 11) is 0. The molecule has 0 saturated carbocycles. The van der Waals surface area contributed by atoms with Crippen LogP contribution in [0.3, 0.4) is 0 Å². The molecule has 0 spiro atoms. The SMILES string of the molecule is CCNc1ncnc(Sc2nc(C)c(C)c(C)n2)c1C. The van der Waals surface area contributed by atoms with E-state index in [9.17, 15) is 0 Å². The molecule has 0 atom stereocenters. The quantitative estimate of drug-likeness (QED) is 0.689. The van der Waals surface area contributed by atoms with E-state index >= 15 is 0 Å². The second kappa shape index (κ2) is 6.17. The Kier molecular flexibility index (Phi) is 4.54. The van der Waals surface area contributed by atoms with Gasteiger partial charge in [-0.15, -0.1) is 0 Å². The summed E-state index contributed by atoms with van der Waals surface area (Å²) >= 11 is 1.48. The second-order valence-corrected chi connectivity index (χ2v) is 5.54. The maximum absolute atomic E-state index is 4.52. The van der Waals surface area contributed by atoms with Crippen LogP contribution < -0.4 is 5.32 Å². The van der Waals surface area contributed by atoms with Crippen molar-refractivity contribution in [2.45, 2.75) is 44.8 Å². The minimum Gasteiger partial charge on any atom is -0.370 e. The van der Waals surface area contributed by atoms with Crippen LogP contribution in [0.15, 0.2) is 16.5 Å². The van der Waals surface area contributed by atoms with Gasteiger partial charge in [0, 0.05) is 23.5 Å². The lowest BCUT2D eigenvalue weighted by atomic mass is 10.2. The number of aromatic nitrogens is 4. The summed E-state index contributed by atoms with van der Waals surface area (Å²) in [6.07, 6.45) is 1.57. The highest BCUT2D eigenvalue weighted by Gasteiger charge is 2.11. The maximum atomic E-state index is 4.52. The Morgan fingerprint density at radius 3 is 2.25 bits per heavy atom. The maximum Gasteiger partial charge on any atom is 0.194 e. The Balaban J connectivity index is 2.33. The van der Waals surface area contributed by atoms with Gasteiger partial charge in [-0.25, -0.2) is 19.9 Å². The summed E-state index contributed by atoms with van der Waals surface area (Å²) in [6, 6.07) is 0. The minimum absolute atomic E-state index is 0.731. The molecule has 2 aromatic rings. The molecular weight excluding hydrogens is 270 g/mol. The number of nitrogens with one attached hydrogen (secondary N) is 1. The van der Waals surface area contributed by atoms with Gasteiger partial charge in [-0.3, -0.25) is 0 Å². The van der Waals surface area contributed by atoms with Crippen molar-refractivity contribution < 1.29 is 0 Å². The lowest BCUT2D eigenvalue weighted by molar-refractivity contribution is 0.875. The summed E-state index contributed by atoms with van der Waals surface area (Å²) in [4.78, 5) is 17.6. The zero-order valence-corrected chi connectivity index (χ0v) is 13.3. The number of hydrogen-bond donors (Lipinski definition) is 1. The Morgan fingerprint density at radius 1 is 1.00 bits per heavy atom. The number of rotatable bonds is 4. The van der Waals surface area contributed by atoms with Crippen LogP contribution in [0.2, 0.25) is 0 Å². The van der Waals surface area contributed by atoms with Crippen LogP contribution in [0.1, 0.15) is 29.4 Å². The first kappa shape index (κ1) is 14.7. The van der Waals surface area contributed by atoms with Crippen molar-refractivity contribution in [3.8, 4) is 0 Å². The molecule has 0 fully saturated rings. The fourth-order valence-electron chi connectivity index (χ4n) is 1.76. The zero-order valence-electron chi connectivity index (χ0n) is 12.5. The molecule has 2 heterocycles. The van der Waals surface area contributed by atoms with Crippen LogP contribution in [0.25, 0.3) is 0 Å². The van der Waals surface area contributed by atoms with Gasteiger partial charge >= 0.3 is 0 Å². The third-order valence-electron chi connectivity index (χ3n) is 3.18. The highest BCUT2D eigenvalue weighted by Crippen LogP contribution is 2.29. The van der Waals surface area contributed by atoms with Crippen LogP contribution in [0.5, 0.6) is 0 Å². The molecular formula is C14H19N5S. The molecule has 6 heteroatoms. The van der Waals surface area contributed by atoms with Crippen molar-refractivity contribution in [3.05, 3.63) is 28.8 Å². The fourth-order valence-corrected chi connectivity index (χ4v) is 2.64. The molecule has 2 aromatic heterocycles. The van der Waals surface area contributed by atoms with E-state index < -0.39 is 0 Å². The van der Waals surface area contributed by atoms with E-state index in [4.69, 9.17) is 0 Å². The van der Waals surface area contributed by atoms with Crippen molar-refractivity contribution in [2.75, 3.05) is 11.9 Å². The molecule has 20 heavy (non-hydrogen) atoms. The van der Waals surface area contributed by atoms with E-state index in [1.807, 2.05) is 34.6 Å². The molecule has 0 aliphatic rings. The topological polar surface area (TPSA) is 63.6 Å². The van der Waals surface area contributed by atoms with Crippen molar-refractivity contribution in [3.63, 3.8) is 0 Å². The largest absolute Gasteiger partial charge is 0.370 e. The van der Waals surface area contributed by atoms with Crippen molar-refractivity contribution in [1.82, 2.24) is 19.9 Å². The molecule has 2 rings (SSSR count). The summed E-state index contributed by atoms with van der Waals surface area (Å²) in [5, 5.41) is 4.85. The number of hydrogen-bond acceptors (Lipinski definition) is 6. The van der Waals surface area contributed by atoms with Crippen molar-refractivity contribution in [2.24, 2.45) is 0 Å². The molecule has 0 aliphatic heterocycles. The van der Waals surface area contributed by atoms with E-state index in [0.717, 1.165) is 45.1 Å². The van der Waals surface area contributed by atoms with Crippen LogP contribution >= 0.6 is 11.8 Å². The molecule has 0 saturated heterocycles. The molecule has 0 amide bonds. The third-order valence-corrected chi connectivity index (χ3v) is 4.15. The van der Waals surface area contributed by atoms with E-state index in [1.54, 1.807) is 6.33 Å². The predicted octanol–water partition coefficient (Wildman–Crippen LogP) is 3.08. The summed E-state index contributed by atoms with van der Waals surface area (Å²) in [6.45, 7) is 10.9. The number of nitrogens with zero attached hydrogens (tertiary/aromatic N) is 4. The zero-order chi connectivity index (χ0) is 14.7. The van der Waals surface area contributed by atoms with E-state index in [-0.39, 0.29) is 0 Å². The first-order valence-electron chi connectivity index (χ1n) is 6.58. The number of anilines is 1. The van der Waals surface area contributed by atoms with Crippen LogP contribution in [-0.4, -0.2) is 26.5 Å². The van der Waals surface area contributed by atoms with Gasteiger partial charge in [0.2, 0.25) is 0 Å². The Labute approximate surface area is 123 Å². The summed E-state index contributed by atoms with van der Waals surface area (Å²) in [5.74, 6) is 0.866. The molecule has 5 nitrogen and oxygen atoms in total. The molecule has 0 aliphatic carbocycles. The normalized spacial score (nSPS) is 10.7. The minimum atomic E-state index is 0.731.